The summed E-state index contributed by atoms with van der Waals surface area (Å²) in [5.74, 6) is -0.263. The Morgan fingerprint density at radius 2 is 1.88 bits per heavy atom. The largest absolute Gasteiger partial charge is 0.397 e. The summed E-state index contributed by atoms with van der Waals surface area (Å²) in [6, 6.07) is 12.0. The van der Waals surface area contributed by atoms with E-state index in [0.717, 1.165) is 21.5 Å². The smallest absolute Gasteiger partial charge is 0.263 e. The summed E-state index contributed by atoms with van der Waals surface area (Å²) in [6.45, 7) is 2.28. The molecule has 0 spiro atoms. The topological polar surface area (TPSA) is 86.5 Å². The lowest BCUT2D eigenvalue weighted by atomic mass is 10.1. The van der Waals surface area contributed by atoms with Gasteiger partial charge in [0.05, 0.1) is 17.9 Å². The van der Waals surface area contributed by atoms with E-state index in [0.29, 0.717) is 10.6 Å². The highest BCUT2D eigenvalue weighted by atomic mass is 32.1. The van der Waals surface area contributed by atoms with E-state index in [-0.39, 0.29) is 12.5 Å². The summed E-state index contributed by atoms with van der Waals surface area (Å²) in [6.07, 6.45) is -0.499. The minimum atomic E-state index is -0.499. The molecule has 7 heteroatoms. The lowest BCUT2D eigenvalue weighted by Gasteiger charge is -2.13. The zero-order valence-corrected chi connectivity index (χ0v) is 15.7. The second kappa shape index (κ2) is 7.82. The van der Waals surface area contributed by atoms with E-state index in [9.17, 15) is 4.79 Å². The van der Waals surface area contributed by atoms with E-state index in [2.05, 4.69) is 10.3 Å². The highest BCUT2D eigenvalue weighted by Gasteiger charge is 2.18. The van der Waals surface area contributed by atoms with Crippen molar-refractivity contribution in [3.63, 3.8) is 0 Å². The van der Waals surface area contributed by atoms with E-state index in [1.54, 1.807) is 0 Å². The Morgan fingerprint density at radius 1 is 1.19 bits per heavy atom. The summed E-state index contributed by atoms with van der Waals surface area (Å²) < 4.78 is 10.1. The van der Waals surface area contributed by atoms with Gasteiger partial charge in [-0.3, -0.25) is 4.79 Å². The fraction of sp³-hybridized carbons (Fsp3) is 0.263. The van der Waals surface area contributed by atoms with Crippen LogP contribution in [0.5, 0.6) is 0 Å². The number of aryl methyl sites for hydroxylation is 1. The molecule has 1 aromatic carbocycles. The van der Waals surface area contributed by atoms with E-state index < -0.39 is 6.29 Å². The van der Waals surface area contributed by atoms with Crippen LogP contribution in [0.3, 0.4) is 0 Å². The molecule has 0 unspecified atom stereocenters. The monoisotopic (exact) mass is 371 g/mol. The maximum Gasteiger partial charge on any atom is 0.263 e. The first-order valence-corrected chi connectivity index (χ1v) is 8.95. The molecule has 136 valence electrons. The molecule has 3 rings (SSSR count). The molecule has 0 fully saturated rings. The van der Waals surface area contributed by atoms with Gasteiger partial charge in [0.25, 0.3) is 5.91 Å². The molecule has 0 radical (unpaired) electrons. The average molecular weight is 371 g/mol. The second-order valence-electron chi connectivity index (χ2n) is 5.87. The first-order valence-electron chi connectivity index (χ1n) is 8.13. The van der Waals surface area contributed by atoms with Crippen LogP contribution in [-0.2, 0) is 9.47 Å². The molecule has 0 aliphatic heterocycles. The number of fused-ring (bicyclic) bond motifs is 1. The molecule has 0 bridgehead atoms. The fourth-order valence-electron chi connectivity index (χ4n) is 2.57. The molecule has 2 heterocycles. The Morgan fingerprint density at radius 3 is 2.54 bits per heavy atom. The van der Waals surface area contributed by atoms with Crippen molar-refractivity contribution in [1.29, 1.82) is 0 Å². The number of amides is 1. The third-order valence-electron chi connectivity index (χ3n) is 4.10. The first-order chi connectivity index (χ1) is 12.5. The molecule has 0 aliphatic carbocycles. The van der Waals surface area contributed by atoms with Gasteiger partial charge in [-0.15, -0.1) is 11.3 Å². The molecule has 2 aromatic heterocycles. The van der Waals surface area contributed by atoms with E-state index in [4.69, 9.17) is 15.2 Å². The van der Waals surface area contributed by atoms with Crippen LogP contribution < -0.4 is 11.1 Å². The number of nitrogens with one attached hydrogen (secondary N) is 1. The minimum absolute atomic E-state index is 0.238. The number of nitrogen functional groups attached to an aromatic ring is 1. The van der Waals surface area contributed by atoms with Crippen molar-refractivity contribution in [1.82, 2.24) is 10.3 Å². The van der Waals surface area contributed by atoms with Gasteiger partial charge in [0, 0.05) is 25.2 Å². The molecule has 0 aliphatic rings. The number of rotatable bonds is 6. The molecule has 26 heavy (non-hydrogen) atoms. The van der Waals surface area contributed by atoms with Crippen LogP contribution in [-0.4, -0.2) is 37.9 Å². The predicted octanol–water partition coefficient (Wildman–Crippen LogP) is 3.20. The Labute approximate surface area is 155 Å². The van der Waals surface area contributed by atoms with Crippen molar-refractivity contribution >= 4 is 33.1 Å². The van der Waals surface area contributed by atoms with Crippen molar-refractivity contribution in [3.05, 3.63) is 46.8 Å². The molecule has 3 aromatic rings. The van der Waals surface area contributed by atoms with Crippen LogP contribution in [0.2, 0.25) is 0 Å². The Bertz CT molecular complexity index is 918. The highest BCUT2D eigenvalue weighted by Crippen LogP contribution is 2.34. The Balaban J connectivity index is 1.87. The standard InChI is InChI=1S/C19H21N3O3S/c1-11-4-6-12(7-5-11)14-9-8-13-16(20)17(26-19(13)22-14)18(23)21-10-15(24-2)25-3/h4-9,15H,10,20H2,1-3H3,(H,21,23). The van der Waals surface area contributed by atoms with Gasteiger partial charge in [0.15, 0.2) is 6.29 Å². The van der Waals surface area contributed by atoms with E-state index in [1.165, 1.54) is 31.1 Å². The Hall–Kier alpha value is -2.48. The van der Waals surface area contributed by atoms with E-state index in [1.807, 2.05) is 43.3 Å². The minimum Gasteiger partial charge on any atom is -0.397 e. The van der Waals surface area contributed by atoms with Gasteiger partial charge in [0.2, 0.25) is 0 Å². The average Bonchev–Trinajstić information content (AvgIpc) is 2.99. The van der Waals surface area contributed by atoms with Gasteiger partial charge in [0.1, 0.15) is 9.71 Å². The number of nitrogens with two attached hydrogens (primary N) is 1. The number of nitrogens with zero attached hydrogens (tertiary/aromatic N) is 1. The van der Waals surface area contributed by atoms with Crippen molar-refractivity contribution in [3.8, 4) is 11.3 Å². The number of aromatic nitrogens is 1. The zero-order valence-electron chi connectivity index (χ0n) is 14.9. The summed E-state index contributed by atoms with van der Waals surface area (Å²) in [5, 5.41) is 3.55. The number of pyridine rings is 1. The first kappa shape index (κ1) is 18.3. The second-order valence-corrected chi connectivity index (χ2v) is 6.87. The summed E-state index contributed by atoms with van der Waals surface area (Å²) in [5.41, 5.74) is 9.68. The molecule has 0 saturated carbocycles. The molecule has 6 nitrogen and oxygen atoms in total. The number of anilines is 1. The maximum absolute atomic E-state index is 12.4. The number of benzene rings is 1. The van der Waals surface area contributed by atoms with E-state index >= 15 is 0 Å². The number of carbonyl (C=O) groups is 1. The van der Waals surface area contributed by atoms with Crippen LogP contribution in [0, 0.1) is 6.92 Å². The lowest BCUT2D eigenvalue weighted by molar-refractivity contribution is -0.0974. The van der Waals surface area contributed by atoms with Gasteiger partial charge in [-0.2, -0.15) is 0 Å². The summed E-state index contributed by atoms with van der Waals surface area (Å²) in [4.78, 5) is 18.3. The number of methoxy groups -OCH3 is 2. The number of hydrogen-bond donors (Lipinski definition) is 2. The highest BCUT2D eigenvalue weighted by molar-refractivity contribution is 7.21. The molecule has 1 amide bonds. The molecule has 0 saturated heterocycles. The SMILES string of the molecule is COC(CNC(=O)c1sc2nc(-c3ccc(C)cc3)ccc2c1N)OC. The van der Waals surface area contributed by atoms with Crippen molar-refractivity contribution in [2.24, 2.45) is 0 Å². The zero-order chi connectivity index (χ0) is 18.7. The molecule has 3 N–H and O–H groups in total. The van der Waals surface area contributed by atoms with Gasteiger partial charge in [-0.25, -0.2) is 4.98 Å². The Kier molecular flexibility index (Phi) is 5.51. The molecular weight excluding hydrogens is 350 g/mol. The number of ether oxygens (including phenoxy) is 2. The van der Waals surface area contributed by atoms with Crippen molar-refractivity contribution in [2.45, 2.75) is 13.2 Å². The van der Waals surface area contributed by atoms with Crippen LogP contribution >= 0.6 is 11.3 Å². The number of thiophene rings is 1. The van der Waals surface area contributed by atoms with Crippen molar-refractivity contribution < 1.29 is 14.3 Å². The van der Waals surface area contributed by atoms with Crippen LogP contribution in [0.1, 0.15) is 15.2 Å². The predicted molar refractivity (Wildman–Crippen MR) is 104 cm³/mol. The summed E-state index contributed by atoms with van der Waals surface area (Å²) >= 11 is 1.28. The van der Waals surface area contributed by atoms with Crippen LogP contribution in [0.4, 0.5) is 5.69 Å². The maximum atomic E-state index is 12.4. The molecular formula is C19H21N3O3S. The molecule has 0 atom stereocenters. The normalized spacial score (nSPS) is 11.2. The van der Waals surface area contributed by atoms with Gasteiger partial charge in [-0.1, -0.05) is 29.8 Å². The number of hydrogen-bond acceptors (Lipinski definition) is 6. The number of carbonyl (C=O) groups excluding carboxylic acids is 1. The fourth-order valence-corrected chi connectivity index (χ4v) is 3.58. The van der Waals surface area contributed by atoms with Crippen LogP contribution in [0.15, 0.2) is 36.4 Å². The van der Waals surface area contributed by atoms with Crippen molar-refractivity contribution in [2.75, 3.05) is 26.5 Å². The lowest BCUT2D eigenvalue weighted by Crippen LogP contribution is -2.34. The van der Waals surface area contributed by atoms with Gasteiger partial charge >= 0.3 is 0 Å². The van der Waals surface area contributed by atoms with Gasteiger partial charge in [-0.05, 0) is 19.1 Å². The summed E-state index contributed by atoms with van der Waals surface area (Å²) in [7, 11) is 3.04. The third kappa shape index (κ3) is 3.70. The quantitative estimate of drug-likeness (QED) is 0.650. The third-order valence-corrected chi connectivity index (χ3v) is 5.22. The van der Waals surface area contributed by atoms with Crippen LogP contribution in [0.25, 0.3) is 21.5 Å². The van der Waals surface area contributed by atoms with Gasteiger partial charge < -0.3 is 20.5 Å².